The van der Waals surface area contributed by atoms with Crippen molar-refractivity contribution in [2.24, 2.45) is 0 Å². The van der Waals surface area contributed by atoms with Crippen molar-refractivity contribution >= 4 is 26.0 Å². The second kappa shape index (κ2) is 6.55. The molecule has 1 atom stereocenters. The number of pyridine rings is 1. The summed E-state index contributed by atoms with van der Waals surface area (Å²) in [5.74, 6) is 0.291. The Kier molecular flexibility index (Phi) is 4.97. The molecule has 7 heteroatoms. The van der Waals surface area contributed by atoms with Crippen LogP contribution in [0.3, 0.4) is 0 Å². The standard InChI is InChI=1S/C14H15BrN2O3S/c1-10(12-5-3-4-8-16-12)17-21(18,19)14-9-11(15)6-7-13(14)20-2/h3-10,17H,1-2H3. The number of sulfonamides is 1. The number of halogens is 1. The first kappa shape index (κ1) is 15.9. The molecule has 0 spiro atoms. The predicted molar refractivity (Wildman–Crippen MR) is 83.7 cm³/mol. The Bertz CT molecular complexity index is 720. The van der Waals surface area contributed by atoms with Crippen molar-refractivity contribution in [1.29, 1.82) is 0 Å². The predicted octanol–water partition coefficient (Wildman–Crippen LogP) is 2.89. The molecule has 1 aromatic carbocycles. The first-order valence-electron chi connectivity index (χ1n) is 6.21. The number of hydrogen-bond acceptors (Lipinski definition) is 4. The highest BCUT2D eigenvalue weighted by molar-refractivity contribution is 9.10. The van der Waals surface area contributed by atoms with Gasteiger partial charge in [-0.25, -0.2) is 13.1 Å². The fourth-order valence-electron chi connectivity index (χ4n) is 1.85. The van der Waals surface area contributed by atoms with Gasteiger partial charge in [0.2, 0.25) is 10.0 Å². The quantitative estimate of drug-likeness (QED) is 0.878. The normalized spacial score (nSPS) is 12.9. The van der Waals surface area contributed by atoms with E-state index in [1.54, 1.807) is 37.4 Å². The van der Waals surface area contributed by atoms with E-state index in [1.165, 1.54) is 13.2 Å². The van der Waals surface area contributed by atoms with E-state index in [0.29, 0.717) is 15.9 Å². The van der Waals surface area contributed by atoms with Crippen LogP contribution in [-0.2, 0) is 10.0 Å². The summed E-state index contributed by atoms with van der Waals surface area (Å²) in [4.78, 5) is 4.23. The van der Waals surface area contributed by atoms with Crippen LogP contribution in [0.1, 0.15) is 18.7 Å². The summed E-state index contributed by atoms with van der Waals surface area (Å²) in [7, 11) is -2.28. The molecule has 1 heterocycles. The van der Waals surface area contributed by atoms with Crippen molar-refractivity contribution in [2.75, 3.05) is 7.11 Å². The zero-order chi connectivity index (χ0) is 15.5. The first-order valence-corrected chi connectivity index (χ1v) is 8.48. The lowest BCUT2D eigenvalue weighted by Gasteiger charge is -2.15. The molecule has 0 aliphatic heterocycles. The lowest BCUT2D eigenvalue weighted by Crippen LogP contribution is -2.27. The van der Waals surface area contributed by atoms with Gasteiger partial charge in [-0.3, -0.25) is 4.98 Å². The highest BCUT2D eigenvalue weighted by atomic mass is 79.9. The fraction of sp³-hybridized carbons (Fsp3) is 0.214. The lowest BCUT2D eigenvalue weighted by atomic mass is 10.2. The van der Waals surface area contributed by atoms with E-state index in [2.05, 4.69) is 25.6 Å². The van der Waals surface area contributed by atoms with Gasteiger partial charge < -0.3 is 4.74 Å². The van der Waals surface area contributed by atoms with Gasteiger partial charge in [0.05, 0.1) is 18.8 Å². The third-order valence-corrected chi connectivity index (χ3v) is 4.93. The molecule has 0 amide bonds. The van der Waals surface area contributed by atoms with Crippen LogP contribution in [0.15, 0.2) is 52.0 Å². The van der Waals surface area contributed by atoms with Gasteiger partial charge in [-0.15, -0.1) is 0 Å². The van der Waals surface area contributed by atoms with E-state index < -0.39 is 16.1 Å². The Morgan fingerprint density at radius 1 is 1.29 bits per heavy atom. The first-order chi connectivity index (χ1) is 9.94. The smallest absolute Gasteiger partial charge is 0.244 e. The number of nitrogens with zero attached hydrogens (tertiary/aromatic N) is 1. The van der Waals surface area contributed by atoms with Crippen molar-refractivity contribution < 1.29 is 13.2 Å². The number of methoxy groups -OCH3 is 1. The maximum absolute atomic E-state index is 12.5. The lowest BCUT2D eigenvalue weighted by molar-refractivity contribution is 0.402. The number of rotatable bonds is 5. The molecule has 2 aromatic rings. The highest BCUT2D eigenvalue weighted by Gasteiger charge is 2.23. The Balaban J connectivity index is 2.33. The van der Waals surface area contributed by atoms with Crippen molar-refractivity contribution in [1.82, 2.24) is 9.71 Å². The average Bonchev–Trinajstić information content (AvgIpc) is 2.47. The van der Waals surface area contributed by atoms with Gasteiger partial charge in [0.25, 0.3) is 0 Å². The van der Waals surface area contributed by atoms with Gasteiger partial charge in [0.15, 0.2) is 0 Å². The molecule has 0 saturated heterocycles. The molecule has 5 nitrogen and oxygen atoms in total. The molecule has 112 valence electrons. The average molecular weight is 371 g/mol. The third-order valence-electron chi connectivity index (χ3n) is 2.88. The van der Waals surface area contributed by atoms with Crippen LogP contribution < -0.4 is 9.46 Å². The van der Waals surface area contributed by atoms with Gasteiger partial charge in [0, 0.05) is 10.7 Å². The molecule has 0 fully saturated rings. The van der Waals surface area contributed by atoms with Crippen LogP contribution in [0.5, 0.6) is 5.75 Å². The summed E-state index contributed by atoms with van der Waals surface area (Å²) in [6, 6.07) is 9.75. The summed E-state index contributed by atoms with van der Waals surface area (Å²) in [6.45, 7) is 1.74. The summed E-state index contributed by atoms with van der Waals surface area (Å²) in [5.41, 5.74) is 0.648. The highest BCUT2D eigenvalue weighted by Crippen LogP contribution is 2.28. The molecule has 0 aliphatic carbocycles. The minimum atomic E-state index is -3.72. The molecule has 1 aromatic heterocycles. The molecule has 21 heavy (non-hydrogen) atoms. The number of benzene rings is 1. The van der Waals surface area contributed by atoms with E-state index in [0.717, 1.165) is 0 Å². The van der Waals surface area contributed by atoms with E-state index in [1.807, 2.05) is 6.07 Å². The van der Waals surface area contributed by atoms with Crippen molar-refractivity contribution in [3.63, 3.8) is 0 Å². The minimum Gasteiger partial charge on any atom is -0.495 e. The molecule has 2 rings (SSSR count). The van der Waals surface area contributed by atoms with Gasteiger partial charge in [-0.05, 0) is 37.3 Å². The zero-order valence-corrected chi connectivity index (χ0v) is 14.0. The van der Waals surface area contributed by atoms with Crippen LogP contribution >= 0.6 is 15.9 Å². The van der Waals surface area contributed by atoms with E-state index >= 15 is 0 Å². The third kappa shape index (κ3) is 3.81. The van der Waals surface area contributed by atoms with Crippen LogP contribution in [0.4, 0.5) is 0 Å². The van der Waals surface area contributed by atoms with Crippen molar-refractivity contribution in [2.45, 2.75) is 17.9 Å². The Morgan fingerprint density at radius 2 is 2.05 bits per heavy atom. The Labute approximate surface area is 132 Å². The fourth-order valence-corrected chi connectivity index (χ4v) is 3.77. The zero-order valence-electron chi connectivity index (χ0n) is 11.6. The Hall–Kier alpha value is -1.44. The minimum absolute atomic E-state index is 0.0853. The molecule has 0 bridgehead atoms. The van der Waals surface area contributed by atoms with Crippen LogP contribution in [0, 0.1) is 0 Å². The maximum Gasteiger partial charge on any atom is 0.244 e. The summed E-state index contributed by atoms with van der Waals surface area (Å²) >= 11 is 3.27. The summed E-state index contributed by atoms with van der Waals surface area (Å²) in [6.07, 6.45) is 1.62. The molecule has 1 N–H and O–H groups in total. The van der Waals surface area contributed by atoms with Gasteiger partial charge in [0.1, 0.15) is 10.6 Å². The molecule has 1 unspecified atom stereocenters. The molecule has 0 saturated carbocycles. The monoisotopic (exact) mass is 370 g/mol. The molecular formula is C14H15BrN2O3S. The van der Waals surface area contributed by atoms with Crippen molar-refractivity contribution in [3.8, 4) is 5.75 Å². The van der Waals surface area contributed by atoms with Gasteiger partial charge >= 0.3 is 0 Å². The van der Waals surface area contributed by atoms with Crippen molar-refractivity contribution in [3.05, 3.63) is 52.8 Å². The summed E-state index contributed by atoms with van der Waals surface area (Å²) < 4.78 is 33.4. The number of ether oxygens (including phenoxy) is 1. The van der Waals surface area contributed by atoms with Crippen LogP contribution in [0.2, 0.25) is 0 Å². The SMILES string of the molecule is COc1ccc(Br)cc1S(=O)(=O)NC(C)c1ccccn1. The van der Waals surface area contributed by atoms with E-state index in [9.17, 15) is 8.42 Å². The maximum atomic E-state index is 12.5. The van der Waals surface area contributed by atoms with Gasteiger partial charge in [-0.1, -0.05) is 22.0 Å². The second-order valence-electron chi connectivity index (χ2n) is 4.39. The second-order valence-corrected chi connectivity index (χ2v) is 6.99. The largest absolute Gasteiger partial charge is 0.495 e. The number of nitrogens with one attached hydrogen (secondary N) is 1. The molecule has 0 radical (unpaired) electrons. The number of aromatic nitrogens is 1. The Morgan fingerprint density at radius 3 is 2.67 bits per heavy atom. The number of hydrogen-bond donors (Lipinski definition) is 1. The molecular weight excluding hydrogens is 356 g/mol. The topological polar surface area (TPSA) is 68.3 Å². The van der Waals surface area contributed by atoms with Gasteiger partial charge in [-0.2, -0.15) is 0 Å². The van der Waals surface area contributed by atoms with Crippen LogP contribution in [0.25, 0.3) is 0 Å². The van der Waals surface area contributed by atoms with E-state index in [4.69, 9.17) is 4.74 Å². The van der Waals surface area contributed by atoms with Crippen LogP contribution in [-0.4, -0.2) is 20.5 Å². The summed E-state index contributed by atoms with van der Waals surface area (Å²) in [5, 5.41) is 0. The molecule has 0 aliphatic rings. The van der Waals surface area contributed by atoms with E-state index in [-0.39, 0.29) is 4.90 Å².